The number of para-hydroxylation sites is 2. The molecule has 0 aliphatic carbocycles. The normalized spacial score (nSPS) is 11.7. The summed E-state index contributed by atoms with van der Waals surface area (Å²) in [6.07, 6.45) is 1.15. The summed E-state index contributed by atoms with van der Waals surface area (Å²) in [4.78, 5) is 28.9. The minimum Gasteiger partial charge on any atom is -0.323 e. The summed E-state index contributed by atoms with van der Waals surface area (Å²) in [5.74, 6) is -0.521. The van der Waals surface area contributed by atoms with E-state index < -0.39 is 21.5 Å². The van der Waals surface area contributed by atoms with Gasteiger partial charge >= 0.3 is 0 Å². The number of hydrogen-bond acceptors (Lipinski definition) is 5. The van der Waals surface area contributed by atoms with E-state index in [1.165, 1.54) is 27.1 Å². The lowest BCUT2D eigenvalue weighted by Gasteiger charge is -2.19. The van der Waals surface area contributed by atoms with Crippen LogP contribution in [0.3, 0.4) is 0 Å². The number of sulfonamides is 1. The van der Waals surface area contributed by atoms with Gasteiger partial charge in [0, 0.05) is 13.1 Å². The first kappa shape index (κ1) is 21.9. The van der Waals surface area contributed by atoms with E-state index in [1.54, 1.807) is 38.1 Å². The average Bonchev–Trinajstić information content (AvgIpc) is 2.72. The first-order chi connectivity index (χ1) is 14.3. The van der Waals surface area contributed by atoms with Crippen molar-refractivity contribution in [3.05, 3.63) is 64.0 Å². The Bertz CT molecular complexity index is 1250. The number of fused-ring (bicyclic) bond motifs is 1. The smallest absolute Gasteiger partial charge is 0.269 e. The van der Waals surface area contributed by atoms with Gasteiger partial charge in [0.25, 0.3) is 5.56 Å². The maximum Gasteiger partial charge on any atom is 0.269 e. The first-order valence-electron chi connectivity index (χ1n) is 9.32. The highest BCUT2D eigenvalue weighted by Gasteiger charge is 2.23. The summed E-state index contributed by atoms with van der Waals surface area (Å²) < 4.78 is 28.1. The number of anilines is 1. The Morgan fingerprint density at radius 2 is 1.87 bits per heavy atom. The fourth-order valence-electron chi connectivity index (χ4n) is 3.08. The minimum atomic E-state index is -3.71. The number of halogens is 1. The van der Waals surface area contributed by atoms with Gasteiger partial charge in [-0.25, -0.2) is 13.4 Å². The standard InChI is InChI=1S/C20H21ClN4O4S/c1-3-24(4-2)30(28,29)14-9-10-15(21)17(11-14)23-19(26)13-25-18-8-6-5-7-16(18)22-12-20(25)27/h5-12H,3-4,13H2,1-2H3,(H,23,26). The molecule has 0 fully saturated rings. The van der Waals surface area contributed by atoms with Crippen LogP contribution in [0.1, 0.15) is 13.8 Å². The molecule has 0 aliphatic heterocycles. The van der Waals surface area contributed by atoms with E-state index in [1.807, 2.05) is 0 Å². The van der Waals surface area contributed by atoms with Gasteiger partial charge in [-0.3, -0.25) is 14.2 Å². The average molecular weight is 449 g/mol. The highest BCUT2D eigenvalue weighted by molar-refractivity contribution is 7.89. The van der Waals surface area contributed by atoms with E-state index >= 15 is 0 Å². The fraction of sp³-hybridized carbons (Fsp3) is 0.250. The molecule has 0 bridgehead atoms. The van der Waals surface area contributed by atoms with Gasteiger partial charge in [0.05, 0.1) is 32.8 Å². The molecule has 0 atom stereocenters. The molecule has 0 saturated carbocycles. The molecule has 0 spiro atoms. The number of nitrogens with one attached hydrogen (secondary N) is 1. The summed E-state index contributed by atoms with van der Waals surface area (Å²) in [5, 5.41) is 2.79. The molecule has 0 unspecified atom stereocenters. The molecule has 2 aromatic carbocycles. The van der Waals surface area contributed by atoms with Crippen molar-refractivity contribution in [3.8, 4) is 0 Å². The Kier molecular flexibility index (Phi) is 6.55. The number of carbonyl (C=O) groups is 1. The fourth-order valence-corrected chi connectivity index (χ4v) is 4.73. The van der Waals surface area contributed by atoms with Gasteiger partial charge in [-0.1, -0.05) is 37.6 Å². The van der Waals surface area contributed by atoms with Crippen LogP contribution in [0, 0.1) is 0 Å². The van der Waals surface area contributed by atoms with Gasteiger partial charge in [0.2, 0.25) is 15.9 Å². The zero-order valence-electron chi connectivity index (χ0n) is 16.5. The largest absolute Gasteiger partial charge is 0.323 e. The van der Waals surface area contributed by atoms with E-state index in [9.17, 15) is 18.0 Å². The third-order valence-corrected chi connectivity index (χ3v) is 6.98. The van der Waals surface area contributed by atoms with Crippen LogP contribution in [0.25, 0.3) is 11.0 Å². The number of nitrogens with zero attached hydrogens (tertiary/aromatic N) is 3. The lowest BCUT2D eigenvalue weighted by molar-refractivity contribution is -0.116. The van der Waals surface area contributed by atoms with E-state index in [2.05, 4.69) is 10.3 Å². The zero-order chi connectivity index (χ0) is 21.9. The molecule has 0 saturated heterocycles. The van der Waals surface area contributed by atoms with Gasteiger partial charge < -0.3 is 5.32 Å². The molecule has 1 amide bonds. The molecule has 8 nitrogen and oxygen atoms in total. The van der Waals surface area contributed by atoms with E-state index in [-0.39, 0.29) is 22.2 Å². The third kappa shape index (κ3) is 4.38. The molecular formula is C20H21ClN4O4S. The molecule has 0 aliphatic rings. The van der Waals surface area contributed by atoms with Crippen LogP contribution in [0.5, 0.6) is 0 Å². The monoisotopic (exact) mass is 448 g/mol. The summed E-state index contributed by atoms with van der Waals surface area (Å²) in [5.41, 5.74) is 0.827. The van der Waals surface area contributed by atoms with Crippen LogP contribution in [-0.4, -0.2) is 41.3 Å². The lowest BCUT2D eigenvalue weighted by Crippen LogP contribution is -2.31. The summed E-state index contributed by atoms with van der Waals surface area (Å²) >= 11 is 6.17. The quantitative estimate of drug-likeness (QED) is 0.598. The van der Waals surface area contributed by atoms with Gasteiger partial charge in [-0.15, -0.1) is 0 Å². The summed E-state index contributed by atoms with van der Waals surface area (Å²) in [6.45, 7) is 3.86. The van der Waals surface area contributed by atoms with Gasteiger partial charge in [-0.2, -0.15) is 4.31 Å². The van der Waals surface area contributed by atoms with E-state index in [4.69, 9.17) is 11.6 Å². The van der Waals surface area contributed by atoms with Crippen molar-refractivity contribution in [3.63, 3.8) is 0 Å². The van der Waals surface area contributed by atoms with Crippen molar-refractivity contribution in [2.24, 2.45) is 0 Å². The number of hydrogen-bond donors (Lipinski definition) is 1. The molecule has 10 heteroatoms. The Hall–Kier alpha value is -2.75. The highest BCUT2D eigenvalue weighted by Crippen LogP contribution is 2.27. The molecule has 1 heterocycles. The second-order valence-electron chi connectivity index (χ2n) is 6.45. The van der Waals surface area contributed by atoms with Crippen molar-refractivity contribution in [1.29, 1.82) is 0 Å². The minimum absolute atomic E-state index is 0.0254. The van der Waals surface area contributed by atoms with Crippen LogP contribution in [0.4, 0.5) is 5.69 Å². The Morgan fingerprint density at radius 1 is 1.17 bits per heavy atom. The van der Waals surface area contributed by atoms with Gasteiger partial charge in [0.15, 0.2) is 0 Å². The van der Waals surface area contributed by atoms with E-state index in [0.717, 1.165) is 6.20 Å². The zero-order valence-corrected chi connectivity index (χ0v) is 18.1. The third-order valence-electron chi connectivity index (χ3n) is 4.61. The van der Waals surface area contributed by atoms with Crippen molar-refractivity contribution in [1.82, 2.24) is 13.9 Å². The van der Waals surface area contributed by atoms with Crippen molar-refractivity contribution in [2.45, 2.75) is 25.3 Å². The Morgan fingerprint density at radius 3 is 2.57 bits per heavy atom. The predicted octanol–water partition coefficient (Wildman–Crippen LogP) is 2.72. The van der Waals surface area contributed by atoms with Crippen molar-refractivity contribution in [2.75, 3.05) is 18.4 Å². The number of rotatable bonds is 7. The van der Waals surface area contributed by atoms with Crippen molar-refractivity contribution >= 4 is 44.3 Å². The molecule has 1 N–H and O–H groups in total. The SMILES string of the molecule is CCN(CC)S(=O)(=O)c1ccc(Cl)c(NC(=O)Cn2c(=O)cnc3ccccc32)c1. The maximum atomic E-state index is 12.7. The van der Waals surface area contributed by atoms with E-state index in [0.29, 0.717) is 24.1 Å². The van der Waals surface area contributed by atoms with Crippen molar-refractivity contribution < 1.29 is 13.2 Å². The molecule has 30 heavy (non-hydrogen) atoms. The topological polar surface area (TPSA) is 101 Å². The predicted molar refractivity (Wildman–Crippen MR) is 116 cm³/mol. The van der Waals surface area contributed by atoms with Gasteiger partial charge in [0.1, 0.15) is 6.54 Å². The molecule has 3 aromatic rings. The maximum absolute atomic E-state index is 12.7. The van der Waals surface area contributed by atoms with Crippen LogP contribution < -0.4 is 10.9 Å². The summed E-state index contributed by atoms with van der Waals surface area (Å²) in [6, 6.07) is 11.1. The van der Waals surface area contributed by atoms with Gasteiger partial charge in [-0.05, 0) is 30.3 Å². The highest BCUT2D eigenvalue weighted by atomic mass is 35.5. The first-order valence-corrected chi connectivity index (χ1v) is 11.1. The van der Waals surface area contributed by atoms with Crippen LogP contribution >= 0.6 is 11.6 Å². The number of aromatic nitrogens is 2. The number of carbonyl (C=O) groups excluding carboxylic acids is 1. The number of amides is 1. The molecule has 0 radical (unpaired) electrons. The van der Waals surface area contributed by atoms with Crippen LogP contribution in [-0.2, 0) is 21.4 Å². The Labute approximate surface area is 179 Å². The molecule has 158 valence electrons. The second kappa shape index (κ2) is 8.95. The lowest BCUT2D eigenvalue weighted by atomic mass is 10.3. The molecule has 1 aromatic heterocycles. The molecular weight excluding hydrogens is 428 g/mol. The van der Waals surface area contributed by atoms with Crippen LogP contribution in [0.15, 0.2) is 58.4 Å². The van der Waals surface area contributed by atoms with Crippen LogP contribution in [0.2, 0.25) is 5.02 Å². The molecule has 3 rings (SSSR count). The second-order valence-corrected chi connectivity index (χ2v) is 8.80. The summed E-state index contributed by atoms with van der Waals surface area (Å²) in [7, 11) is -3.71. The number of benzene rings is 2. The Balaban J connectivity index is 1.90.